The summed E-state index contributed by atoms with van der Waals surface area (Å²) in [4.78, 5) is 29.3. The molecule has 3 heterocycles. The maximum Gasteiger partial charge on any atom is 0.274 e. The molecule has 0 bridgehead atoms. The lowest BCUT2D eigenvalue weighted by molar-refractivity contribution is -0.117. The molecule has 0 aliphatic carbocycles. The first-order chi connectivity index (χ1) is 14.0. The highest BCUT2D eigenvalue weighted by atomic mass is 35.5. The van der Waals surface area contributed by atoms with Gasteiger partial charge in [-0.2, -0.15) is 5.10 Å². The van der Waals surface area contributed by atoms with E-state index in [1.807, 2.05) is 36.9 Å². The summed E-state index contributed by atoms with van der Waals surface area (Å²) < 4.78 is 0. The van der Waals surface area contributed by atoms with Gasteiger partial charge in [-0.15, -0.1) is 12.4 Å². The molecule has 30 heavy (non-hydrogen) atoms. The Labute approximate surface area is 182 Å². The van der Waals surface area contributed by atoms with E-state index in [2.05, 4.69) is 25.7 Å². The largest absolute Gasteiger partial charge is 0.335 e. The fourth-order valence-electron chi connectivity index (χ4n) is 4.05. The summed E-state index contributed by atoms with van der Waals surface area (Å²) in [5, 5.41) is 13.6. The van der Waals surface area contributed by atoms with Gasteiger partial charge in [0.15, 0.2) is 5.69 Å². The number of para-hydroxylation sites is 1. The standard InChI is InChI=1S/C21H28N6O2.ClH/c1-14-4-3-5-15(2)19(14)23-18(28)13-26-8-10-27(11-9-26)21(29)20-16-12-22-7-6-17(16)24-25-20;/h3-5,22H,6-13H2,1-2H3,(H,23,28)(H,24,25);1H. The third-order valence-electron chi connectivity index (χ3n) is 5.78. The van der Waals surface area contributed by atoms with Gasteiger partial charge in [0.1, 0.15) is 0 Å². The molecule has 0 atom stereocenters. The smallest absolute Gasteiger partial charge is 0.274 e. The number of benzene rings is 1. The minimum atomic E-state index is -0.0224. The maximum atomic E-state index is 12.9. The zero-order chi connectivity index (χ0) is 20.4. The second-order valence-electron chi connectivity index (χ2n) is 7.84. The van der Waals surface area contributed by atoms with E-state index in [-0.39, 0.29) is 24.2 Å². The number of fused-ring (bicyclic) bond motifs is 1. The molecule has 0 radical (unpaired) electrons. The van der Waals surface area contributed by atoms with E-state index < -0.39 is 0 Å². The van der Waals surface area contributed by atoms with Crippen molar-refractivity contribution in [3.63, 3.8) is 0 Å². The van der Waals surface area contributed by atoms with Gasteiger partial charge >= 0.3 is 0 Å². The van der Waals surface area contributed by atoms with Crippen LogP contribution in [-0.2, 0) is 17.8 Å². The lowest BCUT2D eigenvalue weighted by Crippen LogP contribution is -2.50. The van der Waals surface area contributed by atoms with Crippen molar-refractivity contribution < 1.29 is 9.59 Å². The fourth-order valence-corrected chi connectivity index (χ4v) is 4.05. The molecule has 2 aliphatic rings. The highest BCUT2D eigenvalue weighted by molar-refractivity contribution is 5.95. The van der Waals surface area contributed by atoms with Crippen LogP contribution in [0, 0.1) is 13.8 Å². The van der Waals surface area contributed by atoms with Gasteiger partial charge in [-0.3, -0.25) is 19.6 Å². The molecule has 1 saturated heterocycles. The minimum Gasteiger partial charge on any atom is -0.335 e. The van der Waals surface area contributed by atoms with E-state index in [4.69, 9.17) is 0 Å². The number of carbonyl (C=O) groups is 2. The zero-order valence-electron chi connectivity index (χ0n) is 17.5. The predicted octanol–water partition coefficient (Wildman–Crippen LogP) is 1.49. The molecule has 0 unspecified atom stereocenters. The number of carbonyl (C=O) groups excluding carboxylic acids is 2. The summed E-state index contributed by atoms with van der Waals surface area (Å²) in [6, 6.07) is 5.98. The van der Waals surface area contributed by atoms with Crippen LogP contribution in [-0.4, -0.2) is 71.1 Å². The molecule has 0 saturated carbocycles. The van der Waals surface area contributed by atoms with Gasteiger partial charge in [-0.1, -0.05) is 18.2 Å². The lowest BCUT2D eigenvalue weighted by atomic mass is 10.1. The number of hydrogen-bond donors (Lipinski definition) is 3. The van der Waals surface area contributed by atoms with Crippen molar-refractivity contribution in [3.05, 3.63) is 46.3 Å². The Hall–Kier alpha value is -2.42. The Morgan fingerprint density at radius 2 is 1.83 bits per heavy atom. The molecular formula is C21H29ClN6O2. The van der Waals surface area contributed by atoms with E-state index in [9.17, 15) is 9.59 Å². The lowest BCUT2D eigenvalue weighted by Gasteiger charge is -2.34. The van der Waals surface area contributed by atoms with E-state index >= 15 is 0 Å². The Balaban J connectivity index is 0.00000256. The molecule has 3 N–H and O–H groups in total. The molecule has 4 rings (SSSR count). The van der Waals surface area contributed by atoms with Crippen LogP contribution >= 0.6 is 12.4 Å². The number of H-pyrrole nitrogens is 1. The van der Waals surface area contributed by atoms with E-state index in [0.717, 1.165) is 41.0 Å². The first kappa shape index (κ1) is 22.3. The summed E-state index contributed by atoms with van der Waals surface area (Å²) in [6.07, 6.45) is 0.874. The highest BCUT2D eigenvalue weighted by Gasteiger charge is 2.28. The molecule has 2 amide bonds. The third kappa shape index (κ3) is 4.66. The average molecular weight is 433 g/mol. The van der Waals surface area contributed by atoms with E-state index in [1.54, 1.807) is 0 Å². The van der Waals surface area contributed by atoms with Crippen LogP contribution in [0.5, 0.6) is 0 Å². The van der Waals surface area contributed by atoms with Crippen LogP contribution in [0.1, 0.15) is 32.9 Å². The molecule has 8 nitrogen and oxygen atoms in total. The Morgan fingerprint density at radius 3 is 2.53 bits per heavy atom. The topological polar surface area (TPSA) is 93.4 Å². The van der Waals surface area contributed by atoms with Crippen molar-refractivity contribution in [3.8, 4) is 0 Å². The molecule has 1 aromatic carbocycles. The molecule has 2 aliphatic heterocycles. The van der Waals surface area contributed by atoms with E-state index in [0.29, 0.717) is 45.0 Å². The molecular weight excluding hydrogens is 404 g/mol. The van der Waals surface area contributed by atoms with Gasteiger partial charge in [0.05, 0.1) is 6.54 Å². The van der Waals surface area contributed by atoms with Gasteiger partial charge in [-0.05, 0) is 25.0 Å². The maximum absolute atomic E-state index is 12.9. The number of aryl methyl sites for hydroxylation is 2. The van der Waals surface area contributed by atoms with Crippen LogP contribution in [0.15, 0.2) is 18.2 Å². The first-order valence-corrected chi connectivity index (χ1v) is 10.2. The quantitative estimate of drug-likeness (QED) is 0.680. The Kier molecular flexibility index (Phi) is 7.12. The predicted molar refractivity (Wildman–Crippen MR) is 118 cm³/mol. The van der Waals surface area contributed by atoms with Gasteiger partial charge in [0, 0.05) is 62.6 Å². The van der Waals surface area contributed by atoms with Gasteiger partial charge in [-0.25, -0.2) is 0 Å². The van der Waals surface area contributed by atoms with Crippen LogP contribution in [0.25, 0.3) is 0 Å². The Morgan fingerprint density at radius 1 is 1.13 bits per heavy atom. The number of amides is 2. The third-order valence-corrected chi connectivity index (χ3v) is 5.78. The number of nitrogens with one attached hydrogen (secondary N) is 3. The second kappa shape index (κ2) is 9.59. The van der Waals surface area contributed by atoms with Gasteiger partial charge in [0.2, 0.25) is 5.91 Å². The summed E-state index contributed by atoms with van der Waals surface area (Å²) in [7, 11) is 0. The minimum absolute atomic E-state index is 0. The Bertz CT molecular complexity index is 900. The van der Waals surface area contributed by atoms with Crippen molar-refractivity contribution in [1.82, 2.24) is 25.3 Å². The molecule has 1 fully saturated rings. The summed E-state index contributed by atoms with van der Waals surface area (Å²) >= 11 is 0. The van der Waals surface area contributed by atoms with Crippen LogP contribution < -0.4 is 10.6 Å². The number of anilines is 1. The summed E-state index contributed by atoms with van der Waals surface area (Å²) in [5.41, 5.74) is 5.61. The molecule has 1 aromatic heterocycles. The number of nitrogens with zero attached hydrogens (tertiary/aromatic N) is 3. The fraction of sp³-hybridized carbons (Fsp3) is 0.476. The number of hydrogen-bond acceptors (Lipinski definition) is 5. The van der Waals surface area contributed by atoms with Gasteiger partial charge < -0.3 is 15.5 Å². The number of rotatable bonds is 4. The normalized spacial score (nSPS) is 16.5. The summed E-state index contributed by atoms with van der Waals surface area (Å²) in [5.74, 6) is -0.0412. The van der Waals surface area contributed by atoms with Crippen molar-refractivity contribution >= 4 is 29.9 Å². The number of aromatic nitrogens is 2. The van der Waals surface area contributed by atoms with Crippen LogP contribution in [0.3, 0.4) is 0 Å². The molecule has 9 heteroatoms. The van der Waals surface area contributed by atoms with Crippen molar-refractivity contribution in [2.24, 2.45) is 0 Å². The van der Waals surface area contributed by atoms with Gasteiger partial charge in [0.25, 0.3) is 5.91 Å². The van der Waals surface area contributed by atoms with Crippen molar-refractivity contribution in [1.29, 1.82) is 0 Å². The molecule has 162 valence electrons. The highest BCUT2D eigenvalue weighted by Crippen LogP contribution is 2.20. The van der Waals surface area contributed by atoms with Crippen molar-refractivity contribution in [2.45, 2.75) is 26.8 Å². The molecule has 2 aromatic rings. The zero-order valence-corrected chi connectivity index (χ0v) is 18.3. The number of aromatic amines is 1. The van der Waals surface area contributed by atoms with Crippen LogP contribution in [0.2, 0.25) is 0 Å². The van der Waals surface area contributed by atoms with E-state index in [1.165, 1.54) is 0 Å². The SMILES string of the molecule is Cc1cccc(C)c1NC(=O)CN1CCN(C(=O)c2n[nH]c3c2CNCC3)CC1.Cl. The first-order valence-electron chi connectivity index (χ1n) is 10.2. The van der Waals surface area contributed by atoms with Crippen molar-refractivity contribution in [2.75, 3.05) is 44.6 Å². The number of piperazine rings is 1. The second-order valence-corrected chi connectivity index (χ2v) is 7.84. The monoisotopic (exact) mass is 432 g/mol. The molecule has 0 spiro atoms. The summed E-state index contributed by atoms with van der Waals surface area (Å²) in [6.45, 7) is 8.48. The van der Waals surface area contributed by atoms with Crippen LogP contribution in [0.4, 0.5) is 5.69 Å². The number of halogens is 1. The average Bonchev–Trinajstić information content (AvgIpc) is 3.15.